The van der Waals surface area contributed by atoms with Crippen LogP contribution in [0.3, 0.4) is 0 Å². The second kappa shape index (κ2) is 9.46. The summed E-state index contributed by atoms with van der Waals surface area (Å²) in [7, 11) is -11.7. The third kappa shape index (κ3) is 4.88. The molecule has 0 aliphatic rings. The van der Waals surface area contributed by atoms with E-state index in [-0.39, 0.29) is 13.1 Å². The van der Waals surface area contributed by atoms with Crippen molar-refractivity contribution in [3.63, 3.8) is 0 Å². The fraction of sp³-hybridized carbons (Fsp3) is 1.00. The third-order valence-electron chi connectivity index (χ3n) is 4.89. The van der Waals surface area contributed by atoms with Gasteiger partial charge in [0.1, 0.15) is 0 Å². The molecule has 1 nitrogen and oxygen atoms in total. The lowest BCUT2D eigenvalue weighted by Crippen LogP contribution is -2.71. The second-order valence-corrected chi connectivity index (χ2v) is 12.5. The van der Waals surface area contributed by atoms with E-state index in [1.807, 2.05) is 0 Å². The summed E-state index contributed by atoms with van der Waals surface area (Å²) in [6.07, 6.45) is -8.34. The van der Waals surface area contributed by atoms with Crippen molar-refractivity contribution in [1.29, 1.82) is 0 Å². The topological polar surface area (TPSA) is 9.23 Å². The molecule has 0 aromatic carbocycles. The minimum atomic E-state index is -7.26. The maximum absolute atomic E-state index is 14.0. The molecule has 0 aliphatic heterocycles. The number of rotatable bonds is 12. The Morgan fingerprint density at radius 1 is 0.457 bits per heavy atom. The van der Waals surface area contributed by atoms with Gasteiger partial charge in [0.05, 0.1) is 0 Å². The van der Waals surface area contributed by atoms with Crippen molar-refractivity contribution in [2.45, 2.75) is 85.9 Å². The minimum absolute atomic E-state index is 0.380. The summed E-state index contributed by atoms with van der Waals surface area (Å²) >= 11 is 0. The van der Waals surface area contributed by atoms with Gasteiger partial charge < -0.3 is 4.12 Å². The van der Waals surface area contributed by atoms with Crippen molar-refractivity contribution in [2.75, 3.05) is 0 Å². The van der Waals surface area contributed by atoms with Crippen molar-refractivity contribution in [1.82, 2.24) is 0 Å². The number of alkyl halides is 18. The lowest BCUT2D eigenvalue weighted by atomic mass is 10.0. The summed E-state index contributed by atoms with van der Waals surface area (Å²) in [4.78, 5) is 0. The van der Waals surface area contributed by atoms with Crippen LogP contribution in [0.25, 0.3) is 0 Å². The highest BCUT2D eigenvalue weighted by atomic mass is 28.4. The molecule has 0 aromatic rings. The van der Waals surface area contributed by atoms with E-state index in [1.54, 1.807) is 0 Å². The maximum atomic E-state index is 14.0. The molecule has 0 heterocycles. The zero-order chi connectivity index (χ0) is 29.0. The van der Waals surface area contributed by atoms with Crippen molar-refractivity contribution in [3.8, 4) is 0 Å². The van der Waals surface area contributed by atoms with Gasteiger partial charge in [-0.2, -0.15) is 52.7 Å². The Balaban J connectivity index is 6.27. The molecule has 35 heavy (non-hydrogen) atoms. The van der Waals surface area contributed by atoms with Gasteiger partial charge >= 0.3 is 46.6 Å². The van der Waals surface area contributed by atoms with Crippen LogP contribution in [0.2, 0.25) is 13.1 Å². The molecule has 0 bridgehead atoms. The normalized spacial score (nSPS) is 19.4. The summed E-state index contributed by atoms with van der Waals surface area (Å²) in [5.74, 6) is -41.9. The van der Waals surface area contributed by atoms with E-state index >= 15 is 0 Å². The van der Waals surface area contributed by atoms with Crippen molar-refractivity contribution in [2.24, 2.45) is 0 Å². The zero-order valence-corrected chi connectivity index (χ0v) is 19.8. The summed E-state index contributed by atoms with van der Waals surface area (Å²) in [5, 5.41) is 0. The molecule has 0 saturated heterocycles. The molecular formula is C14H16F18OSi2. The highest BCUT2D eigenvalue weighted by molar-refractivity contribution is 6.67. The summed E-state index contributed by atoms with van der Waals surface area (Å²) in [6, 6.07) is 0. The van der Waals surface area contributed by atoms with Gasteiger partial charge in [0.2, 0.25) is 18.1 Å². The Kier molecular flexibility index (Phi) is 9.23. The van der Waals surface area contributed by atoms with Crippen LogP contribution in [0.5, 0.6) is 0 Å². The van der Waals surface area contributed by atoms with Crippen LogP contribution in [-0.4, -0.2) is 77.1 Å². The molecule has 4 atom stereocenters. The zero-order valence-electron chi connectivity index (χ0n) is 17.5. The first-order valence-corrected chi connectivity index (χ1v) is 13.3. The van der Waals surface area contributed by atoms with E-state index in [4.69, 9.17) is 0 Å². The highest BCUT2D eigenvalue weighted by Crippen LogP contribution is 2.57. The minimum Gasteiger partial charge on any atom is -0.452 e. The molecule has 0 rings (SSSR count). The van der Waals surface area contributed by atoms with Gasteiger partial charge in [-0.25, -0.2) is 26.3 Å². The molecule has 0 aliphatic carbocycles. The molecule has 212 valence electrons. The third-order valence-corrected chi connectivity index (χ3v) is 10.9. The fourth-order valence-corrected chi connectivity index (χ4v) is 7.52. The van der Waals surface area contributed by atoms with Crippen LogP contribution in [-0.2, 0) is 4.12 Å². The van der Waals surface area contributed by atoms with Gasteiger partial charge in [0.15, 0.2) is 12.3 Å². The number of hydrogen-bond acceptors (Lipinski definition) is 1. The Bertz CT molecular complexity index is 677. The van der Waals surface area contributed by atoms with Crippen LogP contribution in [0, 0.1) is 0 Å². The molecule has 0 spiro atoms. The van der Waals surface area contributed by atoms with E-state index in [0.29, 0.717) is 0 Å². The molecule has 0 radical (unpaired) electrons. The quantitative estimate of drug-likeness (QED) is 0.182. The second-order valence-electron chi connectivity index (χ2n) is 7.44. The molecule has 0 amide bonds. The van der Waals surface area contributed by atoms with E-state index in [2.05, 4.69) is 4.12 Å². The summed E-state index contributed by atoms with van der Waals surface area (Å²) in [5.41, 5.74) is -13.1. The fourth-order valence-electron chi connectivity index (χ4n) is 2.32. The Morgan fingerprint density at radius 2 is 0.657 bits per heavy atom. The van der Waals surface area contributed by atoms with E-state index in [1.165, 1.54) is 0 Å². The Morgan fingerprint density at radius 3 is 0.829 bits per heavy atom. The average molecular weight is 598 g/mol. The van der Waals surface area contributed by atoms with Crippen molar-refractivity contribution >= 4 is 18.1 Å². The lowest BCUT2D eigenvalue weighted by molar-refractivity contribution is -0.362. The first-order chi connectivity index (χ1) is 14.9. The predicted molar refractivity (Wildman–Crippen MR) is 87.8 cm³/mol. The predicted octanol–water partition coefficient (Wildman–Crippen LogP) is 6.59. The van der Waals surface area contributed by atoms with Crippen LogP contribution in [0.15, 0.2) is 0 Å². The van der Waals surface area contributed by atoms with Crippen LogP contribution in [0.4, 0.5) is 79.0 Å². The van der Waals surface area contributed by atoms with Gasteiger partial charge in [-0.15, -0.1) is 0 Å². The molecule has 0 aromatic heterocycles. The number of halogens is 18. The van der Waals surface area contributed by atoms with Crippen LogP contribution in [0.1, 0.15) is 13.8 Å². The molecule has 4 unspecified atom stereocenters. The molecule has 0 saturated carbocycles. The van der Waals surface area contributed by atoms with Gasteiger partial charge in [-0.05, 0) is 26.9 Å². The molecule has 0 N–H and O–H groups in total. The van der Waals surface area contributed by atoms with Gasteiger partial charge in [0, 0.05) is 0 Å². The Hall–Kier alpha value is -0.866. The van der Waals surface area contributed by atoms with E-state index < -0.39 is 90.9 Å². The average Bonchev–Trinajstić information content (AvgIpc) is 2.66. The van der Waals surface area contributed by atoms with Gasteiger partial charge in [0.25, 0.3) is 0 Å². The van der Waals surface area contributed by atoms with Crippen molar-refractivity contribution < 1.29 is 83.1 Å². The molecular weight excluding hydrogens is 582 g/mol. The first-order valence-electron chi connectivity index (χ1n) is 8.90. The smallest absolute Gasteiger partial charge is 0.380 e. The maximum Gasteiger partial charge on any atom is 0.380 e. The largest absolute Gasteiger partial charge is 0.452 e. The monoisotopic (exact) mass is 598 g/mol. The number of hydrogen-bond donors (Lipinski definition) is 0. The van der Waals surface area contributed by atoms with Gasteiger partial charge in [-0.1, -0.05) is 0 Å². The Labute approximate surface area is 188 Å². The lowest BCUT2D eigenvalue weighted by Gasteiger charge is -2.41. The SMILES string of the molecule is CC(F)C(F)(F)C(F)(F)C(F)(F)C(F)(F)[SiH](C)O[SiH](C)C(F)(F)C(F)(F)C(F)(F)C(F)(F)C(C)F. The standard InChI is InChI=1S/C14H16F18OSi2/c1-5(15)7(17,18)9(21,22)11(25,26)13(29,30)34(3)33-35(4)14(31,32)12(27,28)10(23,24)8(19,20)6(2)16/h5-6,34-35H,1-4H3. The first kappa shape index (κ1) is 34.1. The van der Waals surface area contributed by atoms with E-state index in [0.717, 1.165) is 0 Å². The highest BCUT2D eigenvalue weighted by Gasteiger charge is 2.85. The molecule has 21 heteroatoms. The molecule has 0 fully saturated rings. The summed E-state index contributed by atoms with van der Waals surface area (Å²) < 4.78 is 246. The van der Waals surface area contributed by atoms with E-state index in [9.17, 15) is 79.0 Å². The van der Waals surface area contributed by atoms with Crippen LogP contribution < -0.4 is 0 Å². The summed E-state index contributed by atoms with van der Waals surface area (Å²) in [6.45, 7) is -1.61. The van der Waals surface area contributed by atoms with Crippen LogP contribution >= 0.6 is 0 Å². The van der Waals surface area contributed by atoms with Gasteiger partial charge in [-0.3, -0.25) is 0 Å². The van der Waals surface area contributed by atoms with Crippen molar-refractivity contribution in [3.05, 3.63) is 0 Å².